The Morgan fingerprint density at radius 2 is 2.17 bits per heavy atom. The van der Waals surface area contributed by atoms with E-state index >= 15 is 0 Å². The molecule has 0 N–H and O–H groups in total. The summed E-state index contributed by atoms with van der Waals surface area (Å²) in [4.78, 5) is 13.8. The van der Waals surface area contributed by atoms with Crippen LogP contribution < -0.4 is 0 Å². The smallest absolute Gasteiger partial charge is 0.252 e. The molecule has 0 radical (unpaired) electrons. The Bertz CT molecular complexity index is 635. The molecular formula is C15H23N3O3S2. The summed E-state index contributed by atoms with van der Waals surface area (Å²) in [6, 6.07) is 5.39. The average Bonchev–Trinajstić information content (AvgIpc) is 3.06. The minimum atomic E-state index is -3.46. The van der Waals surface area contributed by atoms with Crippen LogP contribution in [0.3, 0.4) is 0 Å². The summed E-state index contributed by atoms with van der Waals surface area (Å²) in [6.07, 6.45) is 0.730. The standard InChI is InChI=1S/C15H23N3O3S2/c1-4-18(12-13(2)11-16)14(19)7-5-9-17(3)23(20,21)15-8-6-10-22-15/h6,8,10,13H,4-5,7,9,12H2,1-3H3/t13-/m1/s1. The van der Waals surface area contributed by atoms with Gasteiger partial charge in [0.2, 0.25) is 5.91 Å². The van der Waals surface area contributed by atoms with E-state index in [-0.39, 0.29) is 24.8 Å². The Hall–Kier alpha value is -1.43. The number of rotatable bonds is 9. The number of carbonyl (C=O) groups is 1. The maximum absolute atomic E-state index is 12.2. The van der Waals surface area contributed by atoms with Crippen molar-refractivity contribution in [2.75, 3.05) is 26.7 Å². The van der Waals surface area contributed by atoms with Gasteiger partial charge in [-0.15, -0.1) is 11.3 Å². The third kappa shape index (κ3) is 5.61. The van der Waals surface area contributed by atoms with Crippen molar-refractivity contribution in [3.05, 3.63) is 17.5 Å². The molecule has 128 valence electrons. The molecule has 1 heterocycles. The lowest BCUT2D eigenvalue weighted by Gasteiger charge is -2.22. The van der Waals surface area contributed by atoms with Gasteiger partial charge in [-0.3, -0.25) is 4.79 Å². The highest BCUT2D eigenvalue weighted by molar-refractivity contribution is 7.91. The molecule has 0 saturated heterocycles. The molecule has 1 aromatic rings. The zero-order valence-electron chi connectivity index (χ0n) is 13.7. The van der Waals surface area contributed by atoms with Gasteiger partial charge in [0.1, 0.15) is 4.21 Å². The fourth-order valence-corrected chi connectivity index (χ4v) is 4.48. The summed E-state index contributed by atoms with van der Waals surface area (Å²) in [5.41, 5.74) is 0. The van der Waals surface area contributed by atoms with E-state index in [1.54, 1.807) is 29.3 Å². The normalized spacial score (nSPS) is 12.8. The van der Waals surface area contributed by atoms with E-state index in [0.29, 0.717) is 23.7 Å². The highest BCUT2D eigenvalue weighted by atomic mass is 32.2. The van der Waals surface area contributed by atoms with E-state index in [2.05, 4.69) is 6.07 Å². The summed E-state index contributed by atoms with van der Waals surface area (Å²) in [5, 5.41) is 10.6. The molecule has 1 aromatic heterocycles. The van der Waals surface area contributed by atoms with Gasteiger partial charge >= 0.3 is 0 Å². The van der Waals surface area contributed by atoms with Gasteiger partial charge in [0, 0.05) is 33.1 Å². The van der Waals surface area contributed by atoms with E-state index in [4.69, 9.17) is 5.26 Å². The fraction of sp³-hybridized carbons (Fsp3) is 0.600. The molecule has 0 aliphatic carbocycles. The van der Waals surface area contributed by atoms with Crippen molar-refractivity contribution in [2.45, 2.75) is 30.9 Å². The van der Waals surface area contributed by atoms with Crippen LogP contribution in [-0.2, 0) is 14.8 Å². The molecule has 1 rings (SSSR count). The predicted octanol–water partition coefficient (Wildman–Crippen LogP) is 2.16. The van der Waals surface area contributed by atoms with Gasteiger partial charge < -0.3 is 4.90 Å². The van der Waals surface area contributed by atoms with Crippen LogP contribution in [0, 0.1) is 17.2 Å². The first-order valence-electron chi connectivity index (χ1n) is 7.50. The van der Waals surface area contributed by atoms with Crippen LogP contribution in [0.1, 0.15) is 26.7 Å². The molecule has 0 saturated carbocycles. The molecule has 1 amide bonds. The number of sulfonamides is 1. The van der Waals surface area contributed by atoms with Crippen molar-refractivity contribution in [2.24, 2.45) is 5.92 Å². The highest BCUT2D eigenvalue weighted by Gasteiger charge is 2.22. The summed E-state index contributed by atoms with van der Waals surface area (Å²) in [5.74, 6) is -0.252. The molecular weight excluding hydrogens is 334 g/mol. The van der Waals surface area contributed by atoms with E-state index in [0.717, 1.165) is 0 Å². The lowest BCUT2D eigenvalue weighted by molar-refractivity contribution is -0.131. The zero-order valence-corrected chi connectivity index (χ0v) is 15.4. The number of amides is 1. The van der Waals surface area contributed by atoms with Crippen LogP contribution in [0.25, 0.3) is 0 Å². The Labute approximate surface area is 142 Å². The predicted molar refractivity (Wildman–Crippen MR) is 90.4 cm³/mol. The quantitative estimate of drug-likeness (QED) is 0.678. The van der Waals surface area contributed by atoms with Crippen LogP contribution >= 0.6 is 11.3 Å². The van der Waals surface area contributed by atoms with Crippen LogP contribution in [0.15, 0.2) is 21.7 Å². The first-order chi connectivity index (χ1) is 10.8. The van der Waals surface area contributed by atoms with Crippen molar-refractivity contribution in [3.63, 3.8) is 0 Å². The number of hydrogen-bond donors (Lipinski definition) is 0. The number of nitriles is 1. The van der Waals surface area contributed by atoms with Gasteiger partial charge in [-0.2, -0.15) is 5.26 Å². The molecule has 6 nitrogen and oxygen atoms in total. The maximum atomic E-state index is 12.2. The lowest BCUT2D eigenvalue weighted by atomic mass is 10.2. The minimum absolute atomic E-state index is 0.0449. The molecule has 0 fully saturated rings. The first-order valence-corrected chi connectivity index (χ1v) is 9.82. The second-order valence-corrected chi connectivity index (χ2v) is 8.54. The SMILES string of the molecule is CCN(C[C@H](C)C#N)C(=O)CCCN(C)S(=O)(=O)c1cccs1. The maximum Gasteiger partial charge on any atom is 0.252 e. The summed E-state index contributed by atoms with van der Waals surface area (Å²) in [7, 11) is -1.94. The molecule has 1 atom stereocenters. The van der Waals surface area contributed by atoms with Crippen molar-refractivity contribution in [3.8, 4) is 6.07 Å². The second kappa shape index (κ2) is 9.01. The number of carbonyl (C=O) groups excluding carboxylic acids is 1. The van der Waals surface area contributed by atoms with E-state index < -0.39 is 10.0 Å². The Morgan fingerprint density at radius 3 is 2.70 bits per heavy atom. The summed E-state index contributed by atoms with van der Waals surface area (Å²) < 4.78 is 26.1. The van der Waals surface area contributed by atoms with E-state index in [1.807, 2.05) is 6.92 Å². The van der Waals surface area contributed by atoms with E-state index in [1.165, 1.54) is 22.7 Å². The van der Waals surface area contributed by atoms with Crippen molar-refractivity contribution >= 4 is 27.3 Å². The van der Waals surface area contributed by atoms with Crippen LogP contribution in [0.4, 0.5) is 0 Å². The molecule has 0 bridgehead atoms. The van der Waals surface area contributed by atoms with E-state index in [9.17, 15) is 13.2 Å². The van der Waals surface area contributed by atoms with Crippen LogP contribution in [0.5, 0.6) is 0 Å². The van der Waals surface area contributed by atoms with Gasteiger partial charge in [0.15, 0.2) is 0 Å². The number of nitrogens with zero attached hydrogens (tertiary/aromatic N) is 3. The zero-order chi connectivity index (χ0) is 17.5. The third-order valence-corrected chi connectivity index (χ3v) is 6.70. The molecule has 0 aromatic carbocycles. The van der Waals surface area contributed by atoms with Gasteiger partial charge in [0.25, 0.3) is 10.0 Å². The van der Waals surface area contributed by atoms with Crippen LogP contribution in [0.2, 0.25) is 0 Å². The Balaban J connectivity index is 2.49. The summed E-state index contributed by atoms with van der Waals surface area (Å²) in [6.45, 7) is 4.90. The highest BCUT2D eigenvalue weighted by Crippen LogP contribution is 2.20. The van der Waals surface area contributed by atoms with Gasteiger partial charge in [0.05, 0.1) is 12.0 Å². The van der Waals surface area contributed by atoms with Gasteiger partial charge in [-0.1, -0.05) is 6.07 Å². The molecule has 8 heteroatoms. The average molecular weight is 358 g/mol. The number of thiophene rings is 1. The van der Waals surface area contributed by atoms with Crippen molar-refractivity contribution in [1.82, 2.24) is 9.21 Å². The summed E-state index contributed by atoms with van der Waals surface area (Å²) >= 11 is 1.18. The van der Waals surface area contributed by atoms with Crippen molar-refractivity contribution in [1.29, 1.82) is 5.26 Å². The Morgan fingerprint density at radius 1 is 1.48 bits per heavy atom. The van der Waals surface area contributed by atoms with Gasteiger partial charge in [-0.25, -0.2) is 12.7 Å². The second-order valence-electron chi connectivity index (χ2n) is 5.32. The largest absolute Gasteiger partial charge is 0.342 e. The van der Waals surface area contributed by atoms with Crippen molar-refractivity contribution < 1.29 is 13.2 Å². The minimum Gasteiger partial charge on any atom is -0.342 e. The topological polar surface area (TPSA) is 81.5 Å². The molecule has 23 heavy (non-hydrogen) atoms. The first kappa shape index (κ1) is 19.6. The fourth-order valence-electron chi connectivity index (χ4n) is 2.07. The Kier molecular flexibility index (Phi) is 7.68. The van der Waals surface area contributed by atoms with Crippen LogP contribution in [-0.4, -0.2) is 50.2 Å². The molecule has 0 aliphatic heterocycles. The monoisotopic (exact) mass is 357 g/mol. The van der Waals surface area contributed by atoms with Gasteiger partial charge in [-0.05, 0) is 31.7 Å². The lowest BCUT2D eigenvalue weighted by Crippen LogP contribution is -2.35. The third-order valence-electron chi connectivity index (χ3n) is 3.47. The number of hydrogen-bond acceptors (Lipinski definition) is 5. The molecule has 0 spiro atoms. The molecule has 0 aliphatic rings. The molecule has 0 unspecified atom stereocenters.